The van der Waals surface area contributed by atoms with Crippen LogP contribution in [0, 0.1) is 0 Å². The minimum Gasteiger partial charge on any atom is -0.348 e. The third-order valence-electron chi connectivity index (χ3n) is 4.75. The number of likely N-dealkylation sites (N-methyl/N-ethyl adjacent to an activating group) is 1. The molecule has 2 aromatic rings. The topological polar surface area (TPSA) is 69.7 Å². The summed E-state index contributed by atoms with van der Waals surface area (Å²) in [6.07, 6.45) is 0. The molecule has 1 amide bonds. The van der Waals surface area contributed by atoms with Crippen molar-refractivity contribution in [3.05, 3.63) is 62.6 Å². The number of halogens is 3. The van der Waals surface area contributed by atoms with Gasteiger partial charge in [0, 0.05) is 32.7 Å². The molecular weight excluding hydrogens is 457 g/mol. The van der Waals surface area contributed by atoms with Crippen LogP contribution in [0.5, 0.6) is 0 Å². The largest absolute Gasteiger partial charge is 0.348 e. The number of amides is 1. The van der Waals surface area contributed by atoms with Gasteiger partial charge >= 0.3 is 0 Å². The van der Waals surface area contributed by atoms with Crippen LogP contribution < -0.4 is 5.32 Å². The van der Waals surface area contributed by atoms with Crippen molar-refractivity contribution >= 4 is 50.7 Å². The number of hydrogen-bond donors (Lipinski definition) is 1. The molecule has 0 unspecified atom stereocenters. The summed E-state index contributed by atoms with van der Waals surface area (Å²) in [7, 11) is -1.55. The van der Waals surface area contributed by atoms with E-state index in [0.717, 1.165) is 5.56 Å². The standard InChI is InChI=1S/C19H20Cl3N3O3S/c1-24-8-10-25(11-9-24)29(27,28)14-4-2-13(3-5-14)12-23-19(26)17-15(20)6-7-16(21)18(17)22/h2-7H,8-12H2,1H3,(H,23,26). The molecule has 1 aliphatic heterocycles. The third kappa shape index (κ3) is 5.05. The van der Waals surface area contributed by atoms with Crippen LogP contribution in [0.1, 0.15) is 15.9 Å². The maximum absolute atomic E-state index is 12.8. The average Bonchev–Trinajstić information content (AvgIpc) is 2.70. The fraction of sp³-hybridized carbons (Fsp3) is 0.316. The first-order valence-corrected chi connectivity index (χ1v) is 11.5. The van der Waals surface area contributed by atoms with E-state index in [1.165, 1.54) is 16.4 Å². The summed E-state index contributed by atoms with van der Waals surface area (Å²) in [6, 6.07) is 9.46. The van der Waals surface area contributed by atoms with E-state index in [9.17, 15) is 13.2 Å². The van der Waals surface area contributed by atoms with Gasteiger partial charge in [0.15, 0.2) is 0 Å². The summed E-state index contributed by atoms with van der Waals surface area (Å²) in [6.45, 7) is 2.54. The van der Waals surface area contributed by atoms with Gasteiger partial charge in [-0.2, -0.15) is 4.31 Å². The Morgan fingerprint density at radius 2 is 1.55 bits per heavy atom. The second kappa shape index (κ2) is 9.20. The predicted octanol–water partition coefficient (Wildman–Crippen LogP) is 3.51. The van der Waals surface area contributed by atoms with Crippen molar-refractivity contribution in [2.24, 2.45) is 0 Å². The first kappa shape index (κ1) is 22.3. The monoisotopic (exact) mass is 475 g/mol. The Hall–Kier alpha value is -1.35. The summed E-state index contributed by atoms with van der Waals surface area (Å²) >= 11 is 18.1. The van der Waals surface area contributed by atoms with Crippen LogP contribution >= 0.6 is 34.8 Å². The number of carbonyl (C=O) groups excluding carboxylic acids is 1. The van der Waals surface area contributed by atoms with Gasteiger partial charge in [-0.15, -0.1) is 0 Å². The van der Waals surface area contributed by atoms with Gasteiger partial charge in [-0.05, 0) is 36.9 Å². The number of benzene rings is 2. The Balaban J connectivity index is 1.67. The first-order chi connectivity index (χ1) is 13.7. The number of piperazine rings is 1. The van der Waals surface area contributed by atoms with Crippen molar-refractivity contribution in [3.63, 3.8) is 0 Å². The molecule has 1 fully saturated rings. The van der Waals surface area contributed by atoms with Crippen LogP contribution in [0.2, 0.25) is 15.1 Å². The minimum atomic E-state index is -3.52. The molecule has 1 heterocycles. The number of sulfonamides is 1. The number of carbonyl (C=O) groups is 1. The highest BCUT2D eigenvalue weighted by molar-refractivity contribution is 7.89. The van der Waals surface area contributed by atoms with Crippen LogP contribution in [-0.4, -0.2) is 56.8 Å². The molecule has 2 aromatic carbocycles. The van der Waals surface area contributed by atoms with Crippen molar-refractivity contribution in [1.82, 2.24) is 14.5 Å². The Kier molecular flexibility index (Phi) is 7.09. The van der Waals surface area contributed by atoms with Crippen molar-refractivity contribution in [2.75, 3.05) is 33.2 Å². The van der Waals surface area contributed by atoms with Gasteiger partial charge in [0.05, 0.1) is 25.5 Å². The highest BCUT2D eigenvalue weighted by Crippen LogP contribution is 2.31. The number of hydrogen-bond acceptors (Lipinski definition) is 4. The summed E-state index contributed by atoms with van der Waals surface area (Å²) < 4.78 is 27.0. The lowest BCUT2D eigenvalue weighted by atomic mass is 10.2. The number of nitrogens with zero attached hydrogens (tertiary/aromatic N) is 2. The van der Waals surface area contributed by atoms with E-state index in [2.05, 4.69) is 10.2 Å². The quantitative estimate of drug-likeness (QED) is 0.671. The van der Waals surface area contributed by atoms with Gasteiger partial charge in [0.25, 0.3) is 5.91 Å². The smallest absolute Gasteiger partial charge is 0.254 e. The molecule has 6 nitrogen and oxygen atoms in total. The summed E-state index contributed by atoms with van der Waals surface area (Å²) in [5.41, 5.74) is 0.847. The third-order valence-corrected chi connectivity index (χ3v) is 7.78. The zero-order valence-electron chi connectivity index (χ0n) is 15.7. The average molecular weight is 477 g/mol. The molecule has 1 aliphatic rings. The fourth-order valence-electron chi connectivity index (χ4n) is 2.96. The predicted molar refractivity (Wildman–Crippen MR) is 115 cm³/mol. The van der Waals surface area contributed by atoms with E-state index in [1.54, 1.807) is 24.3 Å². The molecule has 0 radical (unpaired) electrons. The van der Waals surface area contributed by atoms with E-state index in [1.807, 2.05) is 7.05 Å². The van der Waals surface area contributed by atoms with E-state index >= 15 is 0 Å². The molecule has 29 heavy (non-hydrogen) atoms. The molecule has 0 aliphatic carbocycles. The van der Waals surface area contributed by atoms with E-state index in [4.69, 9.17) is 34.8 Å². The summed E-state index contributed by atoms with van der Waals surface area (Å²) in [4.78, 5) is 14.8. The molecule has 0 spiro atoms. The van der Waals surface area contributed by atoms with Crippen LogP contribution in [0.3, 0.4) is 0 Å². The van der Waals surface area contributed by atoms with Crippen LogP contribution in [0.15, 0.2) is 41.3 Å². The zero-order chi connectivity index (χ0) is 21.2. The summed E-state index contributed by atoms with van der Waals surface area (Å²) in [5.74, 6) is -0.461. The van der Waals surface area contributed by atoms with Gasteiger partial charge in [-0.3, -0.25) is 4.79 Å². The lowest BCUT2D eigenvalue weighted by Gasteiger charge is -2.31. The molecule has 0 bridgehead atoms. The van der Waals surface area contributed by atoms with Crippen LogP contribution in [0.25, 0.3) is 0 Å². The molecule has 0 saturated carbocycles. The van der Waals surface area contributed by atoms with Gasteiger partial charge in [0.2, 0.25) is 10.0 Å². The highest BCUT2D eigenvalue weighted by atomic mass is 35.5. The van der Waals surface area contributed by atoms with Crippen molar-refractivity contribution in [3.8, 4) is 0 Å². The van der Waals surface area contributed by atoms with Crippen molar-refractivity contribution < 1.29 is 13.2 Å². The molecule has 0 atom stereocenters. The van der Waals surface area contributed by atoms with Crippen molar-refractivity contribution in [2.45, 2.75) is 11.4 Å². The minimum absolute atomic E-state index is 0.0882. The Bertz CT molecular complexity index is 1010. The van der Waals surface area contributed by atoms with E-state index < -0.39 is 15.9 Å². The fourth-order valence-corrected chi connectivity index (χ4v) is 5.08. The molecule has 10 heteroatoms. The lowest BCUT2D eigenvalue weighted by Crippen LogP contribution is -2.47. The second-order valence-electron chi connectivity index (χ2n) is 6.75. The molecular formula is C19H20Cl3N3O3S. The Labute approximate surface area is 185 Å². The first-order valence-electron chi connectivity index (χ1n) is 8.89. The Morgan fingerprint density at radius 1 is 0.966 bits per heavy atom. The van der Waals surface area contributed by atoms with E-state index in [-0.39, 0.29) is 32.1 Å². The SMILES string of the molecule is CN1CCN(S(=O)(=O)c2ccc(CNC(=O)c3c(Cl)ccc(Cl)c3Cl)cc2)CC1. The number of nitrogens with one attached hydrogen (secondary N) is 1. The number of rotatable bonds is 5. The Morgan fingerprint density at radius 3 is 2.17 bits per heavy atom. The maximum Gasteiger partial charge on any atom is 0.254 e. The molecule has 156 valence electrons. The lowest BCUT2D eigenvalue weighted by molar-refractivity contribution is 0.0951. The summed E-state index contributed by atoms with van der Waals surface area (Å²) in [5, 5.41) is 3.24. The zero-order valence-corrected chi connectivity index (χ0v) is 18.7. The van der Waals surface area contributed by atoms with Gasteiger partial charge in [-0.25, -0.2) is 8.42 Å². The molecule has 0 aromatic heterocycles. The molecule has 1 saturated heterocycles. The van der Waals surface area contributed by atoms with Gasteiger partial charge < -0.3 is 10.2 Å². The van der Waals surface area contributed by atoms with Crippen molar-refractivity contribution in [1.29, 1.82) is 0 Å². The molecule has 3 rings (SSSR count). The van der Waals surface area contributed by atoms with Crippen LogP contribution in [0.4, 0.5) is 0 Å². The van der Waals surface area contributed by atoms with Crippen LogP contribution in [-0.2, 0) is 16.6 Å². The highest BCUT2D eigenvalue weighted by Gasteiger charge is 2.27. The maximum atomic E-state index is 12.8. The second-order valence-corrected chi connectivity index (χ2v) is 9.88. The van der Waals surface area contributed by atoms with Gasteiger partial charge in [0.1, 0.15) is 0 Å². The molecule has 1 N–H and O–H groups in total. The van der Waals surface area contributed by atoms with Gasteiger partial charge in [-0.1, -0.05) is 46.9 Å². The normalized spacial score (nSPS) is 16.0. The van der Waals surface area contributed by atoms with E-state index in [0.29, 0.717) is 26.2 Å².